The van der Waals surface area contributed by atoms with Gasteiger partial charge in [0.15, 0.2) is 11.5 Å². The molecule has 2 amide bonds. The van der Waals surface area contributed by atoms with Gasteiger partial charge in [-0.25, -0.2) is 0 Å². The Balaban J connectivity index is 1.51. The van der Waals surface area contributed by atoms with Gasteiger partial charge < -0.3 is 24.4 Å². The number of amides is 2. The van der Waals surface area contributed by atoms with E-state index in [1.807, 2.05) is 24.3 Å². The summed E-state index contributed by atoms with van der Waals surface area (Å²) in [5.41, 5.74) is 1.72. The van der Waals surface area contributed by atoms with Crippen molar-refractivity contribution in [3.8, 4) is 17.2 Å². The molecule has 0 saturated carbocycles. The summed E-state index contributed by atoms with van der Waals surface area (Å²) in [5, 5.41) is 2.89. The van der Waals surface area contributed by atoms with Crippen molar-refractivity contribution in [3.63, 3.8) is 0 Å². The number of anilines is 1. The monoisotopic (exact) mass is 384 g/mol. The van der Waals surface area contributed by atoms with Gasteiger partial charge >= 0.3 is 0 Å². The van der Waals surface area contributed by atoms with E-state index in [0.717, 1.165) is 11.3 Å². The van der Waals surface area contributed by atoms with Gasteiger partial charge in [0.25, 0.3) is 0 Å². The van der Waals surface area contributed by atoms with E-state index in [-0.39, 0.29) is 31.6 Å². The average Bonchev–Trinajstić information content (AvgIpc) is 3.16. The van der Waals surface area contributed by atoms with Crippen molar-refractivity contribution in [2.24, 2.45) is 0 Å². The fourth-order valence-corrected chi connectivity index (χ4v) is 3.07. The number of nitrogens with one attached hydrogen (secondary N) is 1. The lowest BCUT2D eigenvalue weighted by Gasteiger charge is -2.21. The van der Waals surface area contributed by atoms with Crippen LogP contribution in [0.15, 0.2) is 42.5 Å². The van der Waals surface area contributed by atoms with Crippen LogP contribution in [0.4, 0.5) is 5.69 Å². The van der Waals surface area contributed by atoms with E-state index in [4.69, 9.17) is 14.2 Å². The second-order valence-corrected chi connectivity index (χ2v) is 6.37. The Kier molecular flexibility index (Phi) is 6.37. The quantitative estimate of drug-likeness (QED) is 0.757. The minimum absolute atomic E-state index is 0.109. The number of methoxy groups -OCH3 is 1. The van der Waals surface area contributed by atoms with Crippen molar-refractivity contribution in [1.29, 1.82) is 0 Å². The first-order valence-corrected chi connectivity index (χ1v) is 9.15. The van der Waals surface area contributed by atoms with Crippen LogP contribution in [-0.4, -0.2) is 38.8 Å². The van der Waals surface area contributed by atoms with Crippen molar-refractivity contribution < 1.29 is 23.8 Å². The average molecular weight is 384 g/mol. The number of benzene rings is 2. The van der Waals surface area contributed by atoms with Crippen LogP contribution in [0.25, 0.3) is 0 Å². The standard InChI is InChI=1S/C21H24N2O5/c1-15(24)23(17-7-8-19-20(13-17)28-14-27-19)12-10-21(25)22-11-9-16-5-3-4-6-18(16)26-2/h3-8,13H,9-12,14H2,1-2H3,(H,22,25). The molecule has 0 unspecified atom stereocenters. The molecule has 1 heterocycles. The highest BCUT2D eigenvalue weighted by molar-refractivity contribution is 5.92. The van der Waals surface area contributed by atoms with Gasteiger partial charge in [-0.05, 0) is 30.2 Å². The number of para-hydroxylation sites is 1. The Hall–Kier alpha value is -3.22. The molecule has 1 N–H and O–H groups in total. The maximum Gasteiger partial charge on any atom is 0.231 e. The predicted octanol–water partition coefficient (Wildman–Crippen LogP) is 2.53. The van der Waals surface area contributed by atoms with Gasteiger partial charge in [-0.1, -0.05) is 18.2 Å². The lowest BCUT2D eigenvalue weighted by molar-refractivity contribution is -0.121. The van der Waals surface area contributed by atoms with Gasteiger partial charge in [-0.3, -0.25) is 9.59 Å². The van der Waals surface area contributed by atoms with Crippen LogP contribution in [-0.2, 0) is 16.0 Å². The molecule has 0 atom stereocenters. The summed E-state index contributed by atoms with van der Waals surface area (Å²) in [6.45, 7) is 2.44. The normalized spacial score (nSPS) is 11.8. The van der Waals surface area contributed by atoms with E-state index in [1.165, 1.54) is 6.92 Å². The highest BCUT2D eigenvalue weighted by Crippen LogP contribution is 2.35. The molecule has 0 aliphatic carbocycles. The Morgan fingerprint density at radius 1 is 1.14 bits per heavy atom. The number of nitrogens with zero attached hydrogens (tertiary/aromatic N) is 1. The summed E-state index contributed by atoms with van der Waals surface area (Å²) in [4.78, 5) is 25.8. The minimum Gasteiger partial charge on any atom is -0.496 e. The first-order valence-electron chi connectivity index (χ1n) is 9.15. The van der Waals surface area contributed by atoms with Crippen LogP contribution in [0.3, 0.4) is 0 Å². The zero-order chi connectivity index (χ0) is 19.9. The van der Waals surface area contributed by atoms with Gasteiger partial charge in [-0.2, -0.15) is 0 Å². The highest BCUT2D eigenvalue weighted by atomic mass is 16.7. The highest BCUT2D eigenvalue weighted by Gasteiger charge is 2.18. The van der Waals surface area contributed by atoms with E-state index >= 15 is 0 Å². The van der Waals surface area contributed by atoms with Gasteiger partial charge in [-0.15, -0.1) is 0 Å². The summed E-state index contributed by atoms with van der Waals surface area (Å²) in [7, 11) is 1.63. The third-order valence-corrected chi connectivity index (χ3v) is 4.52. The smallest absolute Gasteiger partial charge is 0.231 e. The molecular formula is C21H24N2O5. The van der Waals surface area contributed by atoms with Crippen molar-refractivity contribution in [2.45, 2.75) is 19.8 Å². The molecule has 7 nitrogen and oxygen atoms in total. The van der Waals surface area contributed by atoms with E-state index in [9.17, 15) is 9.59 Å². The minimum atomic E-state index is -0.138. The molecule has 0 spiro atoms. The maximum atomic E-state index is 12.2. The number of hydrogen-bond acceptors (Lipinski definition) is 5. The number of carbonyl (C=O) groups is 2. The van der Waals surface area contributed by atoms with E-state index in [0.29, 0.717) is 30.2 Å². The molecular weight excluding hydrogens is 360 g/mol. The number of carbonyl (C=O) groups excluding carboxylic acids is 2. The van der Waals surface area contributed by atoms with Gasteiger partial charge in [0.2, 0.25) is 18.6 Å². The van der Waals surface area contributed by atoms with Crippen LogP contribution in [0.5, 0.6) is 17.2 Å². The summed E-state index contributed by atoms with van der Waals surface area (Å²) >= 11 is 0. The van der Waals surface area contributed by atoms with E-state index in [2.05, 4.69) is 5.32 Å². The molecule has 2 aromatic carbocycles. The Labute approximate surface area is 164 Å². The predicted molar refractivity (Wildman–Crippen MR) is 105 cm³/mol. The number of fused-ring (bicyclic) bond motifs is 1. The van der Waals surface area contributed by atoms with Crippen molar-refractivity contribution >= 4 is 17.5 Å². The molecule has 7 heteroatoms. The lowest BCUT2D eigenvalue weighted by Crippen LogP contribution is -2.34. The molecule has 0 aromatic heterocycles. The largest absolute Gasteiger partial charge is 0.496 e. The van der Waals surface area contributed by atoms with Crippen LogP contribution in [0, 0.1) is 0 Å². The second kappa shape index (κ2) is 9.12. The number of rotatable bonds is 8. The van der Waals surface area contributed by atoms with Crippen LogP contribution in [0.2, 0.25) is 0 Å². The Morgan fingerprint density at radius 3 is 2.71 bits per heavy atom. The molecule has 0 bridgehead atoms. The number of ether oxygens (including phenoxy) is 3. The summed E-state index contributed by atoms with van der Waals surface area (Å²) in [6.07, 6.45) is 0.883. The molecule has 28 heavy (non-hydrogen) atoms. The fourth-order valence-electron chi connectivity index (χ4n) is 3.07. The van der Waals surface area contributed by atoms with Crippen molar-refractivity contribution in [2.75, 3.05) is 31.9 Å². The topological polar surface area (TPSA) is 77.1 Å². The summed E-state index contributed by atoms with van der Waals surface area (Å²) in [6, 6.07) is 13.0. The maximum absolute atomic E-state index is 12.2. The first-order chi connectivity index (χ1) is 13.6. The molecule has 0 fully saturated rings. The van der Waals surface area contributed by atoms with Crippen LogP contribution >= 0.6 is 0 Å². The lowest BCUT2D eigenvalue weighted by atomic mass is 10.1. The van der Waals surface area contributed by atoms with Gasteiger partial charge in [0.05, 0.1) is 7.11 Å². The first kappa shape index (κ1) is 19.5. The third-order valence-electron chi connectivity index (χ3n) is 4.52. The molecule has 2 aromatic rings. The molecule has 1 aliphatic rings. The Morgan fingerprint density at radius 2 is 1.93 bits per heavy atom. The second-order valence-electron chi connectivity index (χ2n) is 6.37. The molecule has 148 valence electrons. The van der Waals surface area contributed by atoms with Crippen molar-refractivity contribution in [1.82, 2.24) is 5.32 Å². The number of hydrogen-bond donors (Lipinski definition) is 1. The van der Waals surface area contributed by atoms with E-state index < -0.39 is 0 Å². The molecule has 3 rings (SSSR count). The zero-order valence-corrected chi connectivity index (χ0v) is 16.1. The summed E-state index contributed by atoms with van der Waals surface area (Å²) in [5.74, 6) is 1.82. The molecule has 0 saturated heterocycles. The van der Waals surface area contributed by atoms with Gasteiger partial charge in [0.1, 0.15) is 5.75 Å². The van der Waals surface area contributed by atoms with Crippen LogP contribution in [0.1, 0.15) is 18.9 Å². The van der Waals surface area contributed by atoms with E-state index in [1.54, 1.807) is 30.2 Å². The Bertz CT molecular complexity index is 852. The fraction of sp³-hybridized carbons (Fsp3) is 0.333. The zero-order valence-electron chi connectivity index (χ0n) is 16.1. The SMILES string of the molecule is COc1ccccc1CCNC(=O)CCN(C(C)=O)c1ccc2c(c1)OCO2. The summed E-state index contributed by atoms with van der Waals surface area (Å²) < 4.78 is 16.0. The van der Waals surface area contributed by atoms with Crippen molar-refractivity contribution in [3.05, 3.63) is 48.0 Å². The molecule has 1 aliphatic heterocycles. The third kappa shape index (κ3) is 4.73. The van der Waals surface area contributed by atoms with Gasteiger partial charge in [0, 0.05) is 38.2 Å². The molecule has 0 radical (unpaired) electrons. The van der Waals surface area contributed by atoms with Crippen LogP contribution < -0.4 is 24.4 Å².